The van der Waals surface area contributed by atoms with E-state index in [0.29, 0.717) is 36.5 Å². The number of hydrogen-bond acceptors (Lipinski definition) is 6. The van der Waals surface area contributed by atoms with E-state index in [1.807, 2.05) is 10.6 Å². The van der Waals surface area contributed by atoms with Gasteiger partial charge in [0.25, 0.3) is 5.91 Å². The van der Waals surface area contributed by atoms with Gasteiger partial charge in [0.15, 0.2) is 4.80 Å². The largest absolute Gasteiger partial charge is 0.383 e. The van der Waals surface area contributed by atoms with E-state index in [2.05, 4.69) is 10.3 Å². The second kappa shape index (κ2) is 10.4. The number of benzene rings is 2. The number of anilines is 1. The van der Waals surface area contributed by atoms with Gasteiger partial charge in [0.1, 0.15) is 11.9 Å². The summed E-state index contributed by atoms with van der Waals surface area (Å²) in [6.45, 7) is 2.42. The van der Waals surface area contributed by atoms with Gasteiger partial charge in [-0.2, -0.15) is 9.30 Å². The van der Waals surface area contributed by atoms with Crippen LogP contribution in [0.4, 0.5) is 10.1 Å². The molecule has 2 heterocycles. The Morgan fingerprint density at radius 1 is 1.23 bits per heavy atom. The molecule has 2 aromatic carbocycles. The summed E-state index contributed by atoms with van der Waals surface area (Å²) in [6, 6.07) is 9.00. The highest BCUT2D eigenvalue weighted by Crippen LogP contribution is 2.27. The van der Waals surface area contributed by atoms with Crippen molar-refractivity contribution in [2.45, 2.75) is 37.2 Å². The smallest absolute Gasteiger partial charge is 0.266 e. The van der Waals surface area contributed by atoms with E-state index in [9.17, 15) is 22.4 Å². The molecule has 0 saturated carbocycles. The number of nitrogens with one attached hydrogen (secondary N) is 1. The van der Waals surface area contributed by atoms with Crippen LogP contribution in [0.25, 0.3) is 10.2 Å². The highest BCUT2D eigenvalue weighted by atomic mass is 32.2. The number of ether oxygens (including phenoxy) is 1. The number of rotatable bonds is 7. The molecular weight excluding hydrogens is 495 g/mol. The third-order valence-corrected chi connectivity index (χ3v) is 8.60. The van der Waals surface area contributed by atoms with Gasteiger partial charge < -0.3 is 14.6 Å². The molecule has 1 N–H and O–H groups in total. The average Bonchev–Trinajstić information content (AvgIpc) is 3.43. The molecule has 1 aromatic heterocycles. The molecule has 2 amide bonds. The molecule has 0 radical (unpaired) electrons. The summed E-state index contributed by atoms with van der Waals surface area (Å²) < 4.78 is 48.6. The number of halogens is 1. The molecule has 4 rings (SSSR count). The summed E-state index contributed by atoms with van der Waals surface area (Å²) in [5.74, 6) is -1.30. The van der Waals surface area contributed by atoms with Crippen molar-refractivity contribution >= 4 is 49.1 Å². The minimum atomic E-state index is -3.99. The molecule has 1 aliphatic rings. The van der Waals surface area contributed by atoms with Gasteiger partial charge in [0, 0.05) is 32.8 Å². The fourth-order valence-electron chi connectivity index (χ4n) is 4.02. The molecule has 1 aliphatic heterocycles. The first-order valence-electron chi connectivity index (χ1n) is 11.0. The standard InChI is InChI=1S/C23H25FN4O5S2/c1-15(29)25-17-7-10-19-21(14-17)34-23(27(19)12-13-33-2)26-22(30)20-4-3-11-28(20)35(31,32)18-8-5-16(24)6-9-18/h5-10,14,20H,3-4,11-13H2,1-2H3,(H,25,29). The number of nitrogens with zero attached hydrogens (tertiary/aromatic N) is 3. The summed E-state index contributed by atoms with van der Waals surface area (Å²) >= 11 is 1.27. The number of carbonyl (C=O) groups is 2. The maximum absolute atomic E-state index is 13.3. The van der Waals surface area contributed by atoms with Gasteiger partial charge in [-0.05, 0) is 55.3 Å². The molecule has 0 bridgehead atoms. The highest BCUT2D eigenvalue weighted by molar-refractivity contribution is 7.89. The van der Waals surface area contributed by atoms with Crippen LogP contribution < -0.4 is 10.1 Å². The van der Waals surface area contributed by atoms with E-state index in [-0.39, 0.29) is 17.3 Å². The molecule has 186 valence electrons. The molecule has 35 heavy (non-hydrogen) atoms. The fourth-order valence-corrected chi connectivity index (χ4v) is 6.78. The van der Waals surface area contributed by atoms with E-state index >= 15 is 0 Å². The van der Waals surface area contributed by atoms with Crippen LogP contribution in [0.15, 0.2) is 52.4 Å². The number of thiazole rings is 1. The van der Waals surface area contributed by atoms with Crippen LogP contribution in [-0.4, -0.2) is 55.4 Å². The Labute approximate surface area is 205 Å². The van der Waals surface area contributed by atoms with Crippen molar-refractivity contribution in [1.29, 1.82) is 0 Å². The number of carbonyl (C=O) groups excluding carboxylic acids is 2. The lowest BCUT2D eigenvalue weighted by molar-refractivity contribution is -0.121. The molecular formula is C23H25FN4O5S2. The van der Waals surface area contributed by atoms with Crippen LogP contribution in [0.1, 0.15) is 19.8 Å². The van der Waals surface area contributed by atoms with Crippen LogP contribution in [0.5, 0.6) is 0 Å². The normalized spacial score (nSPS) is 17.2. The Hall–Kier alpha value is -2.93. The fraction of sp³-hybridized carbons (Fsp3) is 0.348. The first-order chi connectivity index (χ1) is 16.7. The van der Waals surface area contributed by atoms with Gasteiger partial charge in [-0.1, -0.05) is 11.3 Å². The Kier molecular flexibility index (Phi) is 7.45. The highest BCUT2D eigenvalue weighted by Gasteiger charge is 2.39. The monoisotopic (exact) mass is 520 g/mol. The first-order valence-corrected chi connectivity index (χ1v) is 13.2. The predicted octanol–water partition coefficient (Wildman–Crippen LogP) is 2.73. The molecule has 1 fully saturated rings. The quantitative estimate of drug-likeness (QED) is 0.515. The minimum absolute atomic E-state index is 0.0684. The van der Waals surface area contributed by atoms with Crippen LogP contribution >= 0.6 is 11.3 Å². The number of hydrogen-bond donors (Lipinski definition) is 1. The van der Waals surface area contributed by atoms with E-state index < -0.39 is 27.8 Å². The second-order valence-electron chi connectivity index (χ2n) is 8.07. The second-order valence-corrected chi connectivity index (χ2v) is 11.0. The summed E-state index contributed by atoms with van der Waals surface area (Å²) in [6.07, 6.45) is 0.862. The molecule has 0 spiro atoms. The lowest BCUT2D eigenvalue weighted by atomic mass is 10.2. The van der Waals surface area contributed by atoms with Gasteiger partial charge in [-0.3, -0.25) is 9.59 Å². The number of methoxy groups -OCH3 is 1. The zero-order valence-electron chi connectivity index (χ0n) is 19.2. The summed E-state index contributed by atoms with van der Waals surface area (Å²) in [7, 11) is -2.41. The maximum Gasteiger partial charge on any atom is 0.266 e. The zero-order valence-corrected chi connectivity index (χ0v) is 20.9. The summed E-state index contributed by atoms with van der Waals surface area (Å²) in [5.41, 5.74) is 1.44. The van der Waals surface area contributed by atoms with Gasteiger partial charge in [-0.25, -0.2) is 12.8 Å². The van der Waals surface area contributed by atoms with Gasteiger partial charge in [0.2, 0.25) is 15.9 Å². The van der Waals surface area contributed by atoms with E-state index in [0.717, 1.165) is 26.7 Å². The minimum Gasteiger partial charge on any atom is -0.383 e. The van der Waals surface area contributed by atoms with Crippen LogP contribution in [0.2, 0.25) is 0 Å². The van der Waals surface area contributed by atoms with E-state index in [1.165, 1.54) is 30.4 Å². The molecule has 1 unspecified atom stereocenters. The Balaban J connectivity index is 1.71. The van der Waals surface area contributed by atoms with Crippen molar-refractivity contribution in [1.82, 2.24) is 8.87 Å². The molecule has 3 aromatic rings. The lowest BCUT2D eigenvalue weighted by Gasteiger charge is -2.21. The Morgan fingerprint density at radius 2 is 1.97 bits per heavy atom. The SMILES string of the molecule is COCCn1c(=NC(=O)C2CCCN2S(=O)(=O)c2ccc(F)cc2)sc2cc(NC(C)=O)ccc21. The maximum atomic E-state index is 13.3. The van der Waals surface area contributed by atoms with Crippen LogP contribution in [0, 0.1) is 5.82 Å². The van der Waals surface area contributed by atoms with Crippen molar-refractivity contribution in [3.8, 4) is 0 Å². The molecule has 1 saturated heterocycles. The predicted molar refractivity (Wildman–Crippen MR) is 130 cm³/mol. The van der Waals surface area contributed by atoms with Crippen molar-refractivity contribution < 1.29 is 27.1 Å². The first kappa shape index (κ1) is 25.2. The van der Waals surface area contributed by atoms with Crippen LogP contribution in [-0.2, 0) is 30.9 Å². The van der Waals surface area contributed by atoms with Crippen molar-refractivity contribution in [3.05, 3.63) is 53.1 Å². The molecule has 0 aliphatic carbocycles. The summed E-state index contributed by atoms with van der Waals surface area (Å²) in [4.78, 5) is 29.3. The molecule has 9 nitrogen and oxygen atoms in total. The van der Waals surface area contributed by atoms with Crippen molar-refractivity contribution in [2.75, 3.05) is 25.6 Å². The Morgan fingerprint density at radius 3 is 2.66 bits per heavy atom. The third kappa shape index (κ3) is 5.35. The van der Waals surface area contributed by atoms with Crippen LogP contribution in [0.3, 0.4) is 0 Å². The summed E-state index contributed by atoms with van der Waals surface area (Å²) in [5, 5.41) is 2.74. The molecule has 12 heteroatoms. The third-order valence-electron chi connectivity index (χ3n) is 5.64. The number of aromatic nitrogens is 1. The van der Waals surface area contributed by atoms with Gasteiger partial charge >= 0.3 is 0 Å². The van der Waals surface area contributed by atoms with E-state index in [4.69, 9.17) is 4.74 Å². The zero-order chi connectivity index (χ0) is 25.2. The average molecular weight is 521 g/mol. The van der Waals surface area contributed by atoms with Crippen molar-refractivity contribution in [3.63, 3.8) is 0 Å². The number of sulfonamides is 1. The lowest BCUT2D eigenvalue weighted by Crippen LogP contribution is -2.40. The van der Waals surface area contributed by atoms with Gasteiger partial charge in [-0.15, -0.1) is 0 Å². The van der Waals surface area contributed by atoms with Crippen molar-refractivity contribution in [2.24, 2.45) is 4.99 Å². The van der Waals surface area contributed by atoms with Gasteiger partial charge in [0.05, 0.1) is 21.7 Å². The number of fused-ring (bicyclic) bond motifs is 1. The topological polar surface area (TPSA) is 110 Å². The van der Waals surface area contributed by atoms with E-state index in [1.54, 1.807) is 19.2 Å². The number of amides is 2. The Bertz CT molecular complexity index is 1430. The molecule has 1 atom stereocenters.